The predicted molar refractivity (Wildman–Crippen MR) is 73.2 cm³/mol. The molecule has 2 rings (SSSR count). The average Bonchev–Trinajstić information content (AvgIpc) is 2.37. The maximum absolute atomic E-state index is 6.14. The third-order valence-electron chi connectivity index (χ3n) is 3.41. The molecule has 2 unspecified atom stereocenters. The Morgan fingerprint density at radius 2 is 2.22 bits per heavy atom. The second-order valence-electron chi connectivity index (χ2n) is 4.85. The number of hydrogen-bond acceptors (Lipinski definition) is 4. The van der Waals surface area contributed by atoms with Gasteiger partial charge >= 0.3 is 0 Å². The van der Waals surface area contributed by atoms with Gasteiger partial charge in [-0.2, -0.15) is 0 Å². The van der Waals surface area contributed by atoms with Crippen molar-refractivity contribution in [3.8, 4) is 0 Å². The van der Waals surface area contributed by atoms with Crippen molar-refractivity contribution >= 4 is 17.4 Å². The Morgan fingerprint density at radius 1 is 1.44 bits per heavy atom. The highest BCUT2D eigenvalue weighted by Gasteiger charge is 2.23. The maximum Gasteiger partial charge on any atom is 0.137 e. The lowest BCUT2D eigenvalue weighted by atomic mass is 9.98. The third-order valence-corrected chi connectivity index (χ3v) is 3.78. The zero-order valence-corrected chi connectivity index (χ0v) is 11.9. The van der Waals surface area contributed by atoms with Crippen LogP contribution in [0, 0.1) is 12.8 Å². The van der Waals surface area contributed by atoms with Crippen molar-refractivity contribution in [2.45, 2.75) is 39.7 Å². The lowest BCUT2D eigenvalue weighted by Crippen LogP contribution is -2.36. The second-order valence-corrected chi connectivity index (χ2v) is 5.21. The second kappa shape index (κ2) is 5.85. The summed E-state index contributed by atoms with van der Waals surface area (Å²) in [6.07, 6.45) is 1.79. The summed E-state index contributed by atoms with van der Waals surface area (Å²) < 4.78 is 5.45. The van der Waals surface area contributed by atoms with Crippen LogP contribution < -0.4 is 5.32 Å². The molecule has 1 aromatic rings. The van der Waals surface area contributed by atoms with E-state index in [1.807, 2.05) is 13.8 Å². The molecule has 1 saturated heterocycles. The highest BCUT2D eigenvalue weighted by Crippen LogP contribution is 2.24. The zero-order chi connectivity index (χ0) is 13.1. The van der Waals surface area contributed by atoms with Gasteiger partial charge in [0.2, 0.25) is 0 Å². The summed E-state index contributed by atoms with van der Waals surface area (Å²) in [5.41, 5.74) is 0.924. The van der Waals surface area contributed by atoms with Crippen molar-refractivity contribution in [2.75, 3.05) is 18.5 Å². The van der Waals surface area contributed by atoms with E-state index in [0.717, 1.165) is 43.3 Å². The predicted octanol–water partition coefficient (Wildman–Crippen LogP) is 2.84. The minimum atomic E-state index is 0.396. The first-order valence-corrected chi connectivity index (χ1v) is 6.87. The molecule has 5 heteroatoms. The minimum absolute atomic E-state index is 0.396. The van der Waals surface area contributed by atoms with E-state index in [9.17, 15) is 0 Å². The van der Waals surface area contributed by atoms with Crippen LogP contribution in [0.1, 0.15) is 31.7 Å². The largest absolute Gasteiger partial charge is 0.381 e. The van der Waals surface area contributed by atoms with Crippen LogP contribution in [-0.4, -0.2) is 29.2 Å². The quantitative estimate of drug-likeness (QED) is 0.857. The highest BCUT2D eigenvalue weighted by molar-refractivity contribution is 6.30. The lowest BCUT2D eigenvalue weighted by Gasteiger charge is -2.30. The number of anilines is 1. The summed E-state index contributed by atoms with van der Waals surface area (Å²) in [6.45, 7) is 7.78. The Labute approximate surface area is 113 Å². The van der Waals surface area contributed by atoms with Crippen molar-refractivity contribution in [1.82, 2.24) is 9.97 Å². The Hall–Kier alpha value is -0.870. The molecule has 1 aliphatic heterocycles. The van der Waals surface area contributed by atoms with E-state index in [0.29, 0.717) is 17.1 Å². The molecule has 4 nitrogen and oxygen atoms in total. The van der Waals surface area contributed by atoms with Crippen LogP contribution in [0.5, 0.6) is 0 Å². The average molecular weight is 270 g/mol. The highest BCUT2D eigenvalue weighted by atomic mass is 35.5. The molecule has 18 heavy (non-hydrogen) atoms. The van der Waals surface area contributed by atoms with Gasteiger partial charge in [-0.1, -0.05) is 25.4 Å². The van der Waals surface area contributed by atoms with E-state index in [4.69, 9.17) is 16.3 Å². The summed E-state index contributed by atoms with van der Waals surface area (Å²) in [6, 6.07) is 0.396. The normalized spacial score (nSPS) is 24.0. The topological polar surface area (TPSA) is 47.0 Å². The number of nitrogens with one attached hydrogen (secondary N) is 1. The molecule has 2 heterocycles. The van der Waals surface area contributed by atoms with Crippen molar-refractivity contribution in [1.29, 1.82) is 0 Å². The standard InChI is InChI=1S/C13H20ClN3O/c1-4-11-16-12(14)9(3)13(17-11)15-10-5-6-18-7-8(10)2/h8,10H,4-7H2,1-3H3,(H,15,16,17). The SMILES string of the molecule is CCc1nc(Cl)c(C)c(NC2CCOCC2C)n1. The molecular formula is C13H20ClN3O. The first-order chi connectivity index (χ1) is 8.61. The van der Waals surface area contributed by atoms with Gasteiger partial charge in [0.25, 0.3) is 0 Å². The fourth-order valence-electron chi connectivity index (χ4n) is 2.10. The Kier molecular flexibility index (Phi) is 4.40. The van der Waals surface area contributed by atoms with Gasteiger partial charge in [-0.25, -0.2) is 9.97 Å². The molecule has 0 aliphatic carbocycles. The summed E-state index contributed by atoms with van der Waals surface area (Å²) in [5, 5.41) is 4.04. The van der Waals surface area contributed by atoms with Gasteiger partial charge in [0, 0.05) is 24.6 Å². The van der Waals surface area contributed by atoms with E-state index < -0.39 is 0 Å². The molecule has 1 N–H and O–H groups in total. The Bertz CT molecular complexity index is 425. The van der Waals surface area contributed by atoms with Crippen molar-refractivity contribution in [3.05, 3.63) is 16.5 Å². The lowest BCUT2D eigenvalue weighted by molar-refractivity contribution is 0.0536. The first-order valence-electron chi connectivity index (χ1n) is 6.49. The monoisotopic (exact) mass is 269 g/mol. The summed E-state index contributed by atoms with van der Waals surface area (Å²) in [5.74, 6) is 2.13. The molecule has 1 aromatic heterocycles. The van der Waals surface area contributed by atoms with Gasteiger partial charge in [0.05, 0.1) is 6.61 Å². The van der Waals surface area contributed by atoms with Crippen molar-refractivity contribution < 1.29 is 4.74 Å². The molecule has 0 amide bonds. The zero-order valence-electron chi connectivity index (χ0n) is 11.2. The Balaban J connectivity index is 2.19. The first kappa shape index (κ1) is 13.6. The van der Waals surface area contributed by atoms with E-state index in [-0.39, 0.29) is 0 Å². The van der Waals surface area contributed by atoms with Gasteiger partial charge in [-0.05, 0) is 19.3 Å². The fraction of sp³-hybridized carbons (Fsp3) is 0.692. The molecule has 100 valence electrons. The van der Waals surface area contributed by atoms with E-state index in [2.05, 4.69) is 22.2 Å². The summed E-state index contributed by atoms with van der Waals surface area (Å²) in [4.78, 5) is 8.79. The number of aryl methyl sites for hydroxylation is 1. The summed E-state index contributed by atoms with van der Waals surface area (Å²) >= 11 is 6.14. The van der Waals surface area contributed by atoms with E-state index in [1.54, 1.807) is 0 Å². The number of nitrogens with zero attached hydrogens (tertiary/aromatic N) is 2. The van der Waals surface area contributed by atoms with Crippen LogP contribution >= 0.6 is 11.6 Å². The molecular weight excluding hydrogens is 250 g/mol. The molecule has 0 radical (unpaired) electrons. The van der Waals surface area contributed by atoms with Gasteiger partial charge < -0.3 is 10.1 Å². The van der Waals surface area contributed by atoms with Crippen LogP contribution in [0.4, 0.5) is 5.82 Å². The molecule has 0 aromatic carbocycles. The molecule has 2 atom stereocenters. The van der Waals surface area contributed by atoms with Crippen LogP contribution in [-0.2, 0) is 11.2 Å². The molecule has 0 saturated carbocycles. The van der Waals surface area contributed by atoms with Gasteiger partial charge in [-0.3, -0.25) is 0 Å². The van der Waals surface area contributed by atoms with Crippen LogP contribution in [0.25, 0.3) is 0 Å². The van der Waals surface area contributed by atoms with Crippen LogP contribution in [0.3, 0.4) is 0 Å². The number of ether oxygens (including phenoxy) is 1. The van der Waals surface area contributed by atoms with Gasteiger partial charge in [0.1, 0.15) is 16.8 Å². The smallest absolute Gasteiger partial charge is 0.137 e. The van der Waals surface area contributed by atoms with Gasteiger partial charge in [-0.15, -0.1) is 0 Å². The fourth-order valence-corrected chi connectivity index (χ4v) is 2.29. The van der Waals surface area contributed by atoms with E-state index in [1.165, 1.54) is 0 Å². The molecule has 1 aliphatic rings. The van der Waals surface area contributed by atoms with Crippen LogP contribution in [0.2, 0.25) is 5.15 Å². The molecule has 0 spiro atoms. The third kappa shape index (κ3) is 2.93. The van der Waals surface area contributed by atoms with Crippen molar-refractivity contribution in [2.24, 2.45) is 5.92 Å². The number of halogens is 1. The molecule has 0 bridgehead atoms. The van der Waals surface area contributed by atoms with Gasteiger partial charge in [0.15, 0.2) is 0 Å². The van der Waals surface area contributed by atoms with Crippen LogP contribution in [0.15, 0.2) is 0 Å². The number of aromatic nitrogens is 2. The minimum Gasteiger partial charge on any atom is -0.381 e. The summed E-state index contributed by atoms with van der Waals surface area (Å²) in [7, 11) is 0. The number of rotatable bonds is 3. The molecule has 1 fully saturated rings. The maximum atomic E-state index is 6.14. The Morgan fingerprint density at radius 3 is 2.89 bits per heavy atom. The number of hydrogen-bond donors (Lipinski definition) is 1. The van der Waals surface area contributed by atoms with Crippen molar-refractivity contribution in [3.63, 3.8) is 0 Å². The van der Waals surface area contributed by atoms with E-state index >= 15 is 0 Å².